The van der Waals surface area contributed by atoms with Crippen LogP contribution in [0.3, 0.4) is 0 Å². The van der Waals surface area contributed by atoms with E-state index in [1.165, 1.54) is 40.6 Å². The molecule has 0 aliphatic rings. The lowest BCUT2D eigenvalue weighted by molar-refractivity contribution is -0.137. The molecule has 0 N–H and O–H groups in total. The van der Waals surface area contributed by atoms with Gasteiger partial charge in [0.2, 0.25) is 11.7 Å². The fourth-order valence-electron chi connectivity index (χ4n) is 3.53. The van der Waals surface area contributed by atoms with Crippen molar-refractivity contribution in [2.24, 2.45) is 0 Å². The molecule has 0 unspecified atom stereocenters. The Kier molecular flexibility index (Phi) is 6.31. The van der Waals surface area contributed by atoms with Crippen LogP contribution < -0.4 is 5.56 Å². The summed E-state index contributed by atoms with van der Waals surface area (Å²) < 4.78 is 58.5. The van der Waals surface area contributed by atoms with E-state index in [1.54, 1.807) is 36.4 Å². The average Bonchev–Trinajstić information content (AvgIpc) is 3.35. The molecule has 0 radical (unpaired) electrons. The second kappa shape index (κ2) is 9.57. The first-order chi connectivity index (χ1) is 17.3. The van der Waals surface area contributed by atoms with Gasteiger partial charge in [0.1, 0.15) is 5.82 Å². The van der Waals surface area contributed by atoms with Crippen molar-refractivity contribution >= 4 is 22.7 Å². The summed E-state index contributed by atoms with van der Waals surface area (Å²) in [7, 11) is 0. The quantitative estimate of drug-likeness (QED) is 0.159. The summed E-state index contributed by atoms with van der Waals surface area (Å²) in [5.74, 6) is 0.152. The van der Waals surface area contributed by atoms with E-state index < -0.39 is 11.7 Å². The lowest BCUT2D eigenvalue weighted by atomic mass is 10.1. The van der Waals surface area contributed by atoms with E-state index in [1.807, 2.05) is 0 Å². The van der Waals surface area contributed by atoms with Crippen LogP contribution in [0.1, 0.15) is 17.0 Å². The molecule has 5 aromatic rings. The van der Waals surface area contributed by atoms with Crippen molar-refractivity contribution < 1.29 is 22.1 Å². The number of aromatic nitrogens is 4. The Hall–Kier alpha value is -3.99. The van der Waals surface area contributed by atoms with E-state index in [0.29, 0.717) is 21.6 Å². The minimum absolute atomic E-state index is 0.148. The maximum absolute atomic E-state index is 13.3. The van der Waals surface area contributed by atoms with Crippen LogP contribution in [0.4, 0.5) is 17.6 Å². The molecule has 0 fully saturated rings. The Balaban J connectivity index is 1.41. The van der Waals surface area contributed by atoms with Gasteiger partial charge in [-0.15, -0.1) is 0 Å². The molecule has 3 aromatic carbocycles. The molecular weight excluding hydrogens is 496 g/mol. The maximum Gasteiger partial charge on any atom is 0.416 e. The van der Waals surface area contributed by atoms with Gasteiger partial charge >= 0.3 is 6.18 Å². The highest BCUT2D eigenvalue weighted by Gasteiger charge is 2.30. The molecule has 0 spiro atoms. The zero-order valence-electron chi connectivity index (χ0n) is 18.4. The van der Waals surface area contributed by atoms with Crippen LogP contribution in [0.25, 0.3) is 22.3 Å². The number of halogens is 4. The van der Waals surface area contributed by atoms with Crippen LogP contribution in [0.2, 0.25) is 0 Å². The monoisotopic (exact) mass is 512 g/mol. The number of alkyl halides is 3. The van der Waals surface area contributed by atoms with Crippen LogP contribution in [0.5, 0.6) is 0 Å². The summed E-state index contributed by atoms with van der Waals surface area (Å²) >= 11 is 1.20. The predicted octanol–water partition coefficient (Wildman–Crippen LogP) is 5.95. The summed E-state index contributed by atoms with van der Waals surface area (Å²) in [4.78, 5) is 22.1. The molecular formula is C25H16F4N4O2S. The van der Waals surface area contributed by atoms with E-state index in [0.717, 1.165) is 17.7 Å². The van der Waals surface area contributed by atoms with Crippen molar-refractivity contribution in [3.05, 3.63) is 106 Å². The second-order valence-electron chi connectivity index (χ2n) is 7.80. The minimum Gasteiger partial charge on any atom is -0.338 e. The fourth-order valence-corrected chi connectivity index (χ4v) is 4.37. The standard InChI is InChI=1S/C25H16F4N4O2S/c26-18-11-5-15(6-12-18)13-33-23(34)19-3-1-2-4-20(19)30-24(33)36-14-21-31-22(32-35-21)16-7-9-17(10-8-16)25(27,28)29/h1-12H,13-14H2. The first-order valence-electron chi connectivity index (χ1n) is 10.6. The third kappa shape index (κ3) is 5.01. The number of fused-ring (bicyclic) bond motifs is 1. The molecule has 0 aliphatic carbocycles. The molecule has 0 aliphatic heterocycles. The first kappa shape index (κ1) is 23.7. The molecule has 182 valence electrons. The lowest BCUT2D eigenvalue weighted by Crippen LogP contribution is -2.24. The number of nitrogens with zero attached hydrogens (tertiary/aromatic N) is 4. The maximum atomic E-state index is 13.3. The van der Waals surface area contributed by atoms with Gasteiger partial charge in [0.15, 0.2) is 5.16 Å². The fraction of sp³-hybridized carbons (Fsp3) is 0.120. The van der Waals surface area contributed by atoms with Crippen LogP contribution in [-0.4, -0.2) is 19.7 Å². The molecule has 11 heteroatoms. The molecule has 0 amide bonds. The van der Waals surface area contributed by atoms with E-state index in [4.69, 9.17) is 4.52 Å². The largest absolute Gasteiger partial charge is 0.416 e. The van der Waals surface area contributed by atoms with Gasteiger partial charge in [-0.3, -0.25) is 9.36 Å². The smallest absolute Gasteiger partial charge is 0.338 e. The number of para-hydroxylation sites is 1. The number of rotatable bonds is 6. The third-order valence-electron chi connectivity index (χ3n) is 5.34. The van der Waals surface area contributed by atoms with Gasteiger partial charge in [-0.1, -0.05) is 53.3 Å². The van der Waals surface area contributed by atoms with Gasteiger partial charge in [0.05, 0.1) is 28.8 Å². The van der Waals surface area contributed by atoms with E-state index >= 15 is 0 Å². The van der Waals surface area contributed by atoms with Gasteiger partial charge in [-0.05, 0) is 42.0 Å². The normalized spacial score (nSPS) is 11.8. The Morgan fingerprint density at radius 2 is 1.64 bits per heavy atom. The van der Waals surface area contributed by atoms with Crippen LogP contribution in [0.15, 0.2) is 87.3 Å². The number of hydrogen-bond donors (Lipinski definition) is 0. The van der Waals surface area contributed by atoms with Gasteiger partial charge in [0, 0.05) is 5.56 Å². The van der Waals surface area contributed by atoms with Crippen molar-refractivity contribution in [1.29, 1.82) is 0 Å². The molecule has 0 bridgehead atoms. The summed E-state index contributed by atoms with van der Waals surface area (Å²) in [5.41, 5.74) is 0.603. The molecule has 0 saturated heterocycles. The van der Waals surface area contributed by atoms with Crippen molar-refractivity contribution in [2.75, 3.05) is 0 Å². The Labute approximate surface area is 205 Å². The second-order valence-corrected chi connectivity index (χ2v) is 8.75. The van der Waals surface area contributed by atoms with Crippen molar-refractivity contribution in [3.63, 3.8) is 0 Å². The molecule has 2 heterocycles. The van der Waals surface area contributed by atoms with E-state index in [2.05, 4.69) is 15.1 Å². The summed E-state index contributed by atoms with van der Waals surface area (Å²) in [6, 6.07) is 17.2. The predicted molar refractivity (Wildman–Crippen MR) is 126 cm³/mol. The first-order valence-corrected chi connectivity index (χ1v) is 11.6. The van der Waals surface area contributed by atoms with E-state index in [9.17, 15) is 22.4 Å². The molecule has 6 nitrogen and oxygen atoms in total. The van der Waals surface area contributed by atoms with Gasteiger partial charge < -0.3 is 4.52 Å². The molecule has 0 atom stereocenters. The highest BCUT2D eigenvalue weighted by Crippen LogP contribution is 2.31. The summed E-state index contributed by atoms with van der Waals surface area (Å²) in [6.07, 6.45) is -4.44. The zero-order chi connectivity index (χ0) is 25.3. The molecule has 2 aromatic heterocycles. The Morgan fingerprint density at radius 1 is 0.917 bits per heavy atom. The van der Waals surface area contributed by atoms with Crippen LogP contribution in [0, 0.1) is 5.82 Å². The summed E-state index contributed by atoms with van der Waals surface area (Å²) in [5, 5.41) is 4.70. The third-order valence-corrected chi connectivity index (χ3v) is 6.30. The Bertz CT molecular complexity index is 1580. The van der Waals surface area contributed by atoms with E-state index in [-0.39, 0.29) is 35.4 Å². The molecule has 36 heavy (non-hydrogen) atoms. The highest BCUT2D eigenvalue weighted by molar-refractivity contribution is 7.98. The minimum atomic E-state index is -4.44. The van der Waals surface area contributed by atoms with Crippen molar-refractivity contribution in [1.82, 2.24) is 19.7 Å². The van der Waals surface area contributed by atoms with Crippen LogP contribution >= 0.6 is 11.8 Å². The topological polar surface area (TPSA) is 73.8 Å². The Morgan fingerprint density at radius 3 is 2.36 bits per heavy atom. The zero-order valence-corrected chi connectivity index (χ0v) is 19.2. The number of benzene rings is 3. The highest BCUT2D eigenvalue weighted by atomic mass is 32.2. The van der Waals surface area contributed by atoms with Gasteiger partial charge in [0.25, 0.3) is 5.56 Å². The number of hydrogen-bond acceptors (Lipinski definition) is 6. The molecule has 0 saturated carbocycles. The number of thioether (sulfide) groups is 1. The van der Waals surface area contributed by atoms with Crippen LogP contribution in [-0.2, 0) is 18.5 Å². The van der Waals surface area contributed by atoms with Crippen molar-refractivity contribution in [3.8, 4) is 11.4 Å². The van der Waals surface area contributed by atoms with Gasteiger partial charge in [-0.25, -0.2) is 9.37 Å². The van der Waals surface area contributed by atoms with Gasteiger partial charge in [-0.2, -0.15) is 18.2 Å². The summed E-state index contributed by atoms with van der Waals surface area (Å²) in [6.45, 7) is 0.180. The average molecular weight is 512 g/mol. The van der Waals surface area contributed by atoms with Crippen molar-refractivity contribution in [2.45, 2.75) is 23.6 Å². The molecule has 5 rings (SSSR count). The SMILES string of the molecule is O=c1c2ccccc2nc(SCc2nc(-c3ccc(C(F)(F)F)cc3)no2)n1Cc1ccc(F)cc1. The lowest BCUT2D eigenvalue weighted by Gasteiger charge is -2.12.